The van der Waals surface area contributed by atoms with Gasteiger partial charge in [-0.15, -0.1) is 0 Å². The Balaban J connectivity index is 1.41. The molecule has 0 aliphatic carbocycles. The summed E-state index contributed by atoms with van der Waals surface area (Å²) < 4.78 is 17.6. The predicted molar refractivity (Wildman–Crippen MR) is 163 cm³/mol. The maximum absolute atomic E-state index is 14.7. The zero-order chi connectivity index (χ0) is 30.0. The van der Waals surface area contributed by atoms with Crippen molar-refractivity contribution in [2.45, 2.75) is 24.5 Å². The first-order valence-electron chi connectivity index (χ1n) is 14.2. The van der Waals surface area contributed by atoms with E-state index < -0.39 is 11.6 Å². The molecule has 43 heavy (non-hydrogen) atoms. The van der Waals surface area contributed by atoms with Gasteiger partial charge in [-0.05, 0) is 48.0 Å². The molecule has 0 saturated carbocycles. The van der Waals surface area contributed by atoms with Crippen LogP contribution in [0.2, 0.25) is 10.0 Å². The summed E-state index contributed by atoms with van der Waals surface area (Å²) in [5.41, 5.74) is 1.34. The molecule has 0 unspecified atom stereocenters. The normalized spacial score (nSPS) is 21.4. The van der Waals surface area contributed by atoms with Crippen molar-refractivity contribution in [3.05, 3.63) is 93.5 Å². The van der Waals surface area contributed by atoms with Crippen LogP contribution in [0.3, 0.4) is 0 Å². The fourth-order valence-corrected chi connectivity index (χ4v) is 6.23. The van der Waals surface area contributed by atoms with Crippen LogP contribution in [0.25, 0.3) is 0 Å². The number of hydrogen-bond donors (Lipinski definition) is 1. The zero-order valence-corrected chi connectivity index (χ0v) is 24.9. The average Bonchev–Trinajstić information content (AvgIpc) is 3.39. The zero-order valence-electron chi connectivity index (χ0n) is 23.4. The summed E-state index contributed by atoms with van der Waals surface area (Å²) in [4.78, 5) is 36.4. The number of amides is 2. The second kappa shape index (κ2) is 12.5. The Morgan fingerprint density at radius 3 is 2.58 bits per heavy atom. The highest BCUT2D eigenvalue weighted by molar-refractivity contribution is 6.35. The molecule has 1 spiro atoms. The van der Waals surface area contributed by atoms with Gasteiger partial charge in [-0.2, -0.15) is 0 Å². The number of hydrogen-bond acceptors (Lipinski definition) is 7. The van der Waals surface area contributed by atoms with Gasteiger partial charge in [-0.1, -0.05) is 47.5 Å². The van der Waals surface area contributed by atoms with Gasteiger partial charge in [-0.25, -0.2) is 4.99 Å². The van der Waals surface area contributed by atoms with E-state index in [9.17, 15) is 9.59 Å². The summed E-state index contributed by atoms with van der Waals surface area (Å²) >= 11 is 12.9. The average molecular weight is 625 g/mol. The van der Waals surface area contributed by atoms with Crippen molar-refractivity contribution in [2.24, 2.45) is 4.99 Å². The largest absolute Gasteiger partial charge is 0.494 e. The lowest BCUT2D eigenvalue weighted by atomic mass is 9.78. The summed E-state index contributed by atoms with van der Waals surface area (Å²) in [7, 11) is 0. The number of rotatable bonds is 8. The maximum atomic E-state index is 14.7. The molecule has 1 saturated heterocycles. The molecule has 3 aromatic carbocycles. The maximum Gasteiger partial charge on any atom is 0.260 e. The Morgan fingerprint density at radius 1 is 1.07 bits per heavy atom. The van der Waals surface area contributed by atoms with Crippen LogP contribution >= 0.6 is 23.2 Å². The molecule has 3 heterocycles. The van der Waals surface area contributed by atoms with Gasteiger partial charge >= 0.3 is 0 Å². The Morgan fingerprint density at radius 2 is 1.84 bits per heavy atom. The minimum Gasteiger partial charge on any atom is -0.494 e. The molecule has 9 nitrogen and oxygen atoms in total. The third-order valence-electron chi connectivity index (χ3n) is 7.90. The molecule has 0 radical (unpaired) electrons. The van der Waals surface area contributed by atoms with E-state index in [2.05, 4.69) is 0 Å². The van der Waals surface area contributed by atoms with E-state index in [1.807, 2.05) is 36.4 Å². The Labute approximate surface area is 259 Å². The third kappa shape index (κ3) is 5.82. The van der Waals surface area contributed by atoms with E-state index in [1.165, 1.54) is 4.90 Å². The van der Waals surface area contributed by atoms with Gasteiger partial charge in [0.1, 0.15) is 12.3 Å². The SMILES string of the molecule is O=C(CN1C(=O)[C@@]2(Cc3ccccc31)N=C(c1ccc(OCCCO)cc1)O[C@H]2c1ccc(Cl)cc1Cl)N1CCOCC1. The van der Waals surface area contributed by atoms with Gasteiger partial charge < -0.3 is 29.1 Å². The van der Waals surface area contributed by atoms with Crippen LogP contribution in [0.15, 0.2) is 71.7 Å². The summed E-state index contributed by atoms with van der Waals surface area (Å²) in [6, 6.07) is 19.8. The number of nitrogens with zero attached hydrogens (tertiary/aromatic N) is 3. The fourth-order valence-electron chi connectivity index (χ4n) is 5.72. The molecule has 3 aliphatic rings. The third-order valence-corrected chi connectivity index (χ3v) is 8.46. The van der Waals surface area contributed by atoms with E-state index >= 15 is 0 Å². The van der Waals surface area contributed by atoms with Crippen molar-refractivity contribution in [2.75, 3.05) is 51.0 Å². The first-order valence-corrected chi connectivity index (χ1v) is 15.0. The highest BCUT2D eigenvalue weighted by Gasteiger charge is 2.58. The number of halogens is 2. The first-order chi connectivity index (χ1) is 20.9. The number of morpholine rings is 1. The summed E-state index contributed by atoms with van der Waals surface area (Å²) in [5, 5.41) is 9.84. The predicted octanol–water partition coefficient (Wildman–Crippen LogP) is 4.46. The number of carbonyl (C=O) groups excluding carboxylic acids is 2. The molecule has 11 heteroatoms. The number of aliphatic imine (C=N–C) groups is 1. The number of para-hydroxylation sites is 1. The van der Waals surface area contributed by atoms with E-state index in [1.54, 1.807) is 35.2 Å². The van der Waals surface area contributed by atoms with Crippen LogP contribution < -0.4 is 9.64 Å². The van der Waals surface area contributed by atoms with Crippen LogP contribution in [0.1, 0.15) is 29.2 Å². The van der Waals surface area contributed by atoms with Crippen LogP contribution in [0.4, 0.5) is 5.69 Å². The molecule has 1 fully saturated rings. The highest BCUT2D eigenvalue weighted by Crippen LogP contribution is 2.49. The number of benzene rings is 3. The number of carbonyl (C=O) groups is 2. The Bertz CT molecular complexity index is 1540. The lowest BCUT2D eigenvalue weighted by Crippen LogP contribution is -2.58. The number of ether oxygens (including phenoxy) is 3. The van der Waals surface area contributed by atoms with Crippen molar-refractivity contribution < 1.29 is 28.9 Å². The first kappa shape index (κ1) is 29.4. The quantitative estimate of drug-likeness (QED) is 0.372. The van der Waals surface area contributed by atoms with Gasteiger partial charge in [0.15, 0.2) is 11.6 Å². The number of fused-ring (bicyclic) bond motifs is 1. The van der Waals surface area contributed by atoms with Gasteiger partial charge in [0.2, 0.25) is 11.8 Å². The van der Waals surface area contributed by atoms with Crippen molar-refractivity contribution in [3.8, 4) is 5.75 Å². The summed E-state index contributed by atoms with van der Waals surface area (Å²) in [6.45, 7) is 2.17. The fraction of sp³-hybridized carbons (Fsp3) is 0.344. The molecule has 3 aliphatic heterocycles. The van der Waals surface area contributed by atoms with Crippen molar-refractivity contribution in [1.29, 1.82) is 0 Å². The molecule has 2 atom stereocenters. The van der Waals surface area contributed by atoms with Crippen molar-refractivity contribution in [1.82, 2.24) is 4.90 Å². The molecule has 1 N–H and O–H groups in total. The van der Waals surface area contributed by atoms with E-state index in [0.717, 1.165) is 5.56 Å². The van der Waals surface area contributed by atoms with E-state index in [4.69, 9.17) is 47.5 Å². The topological polar surface area (TPSA) is 101 Å². The second-order valence-electron chi connectivity index (χ2n) is 10.6. The Kier molecular flexibility index (Phi) is 8.59. The number of aliphatic hydroxyl groups is 1. The standard InChI is InChI=1S/C32H31Cl2N3O6/c33-23-8-11-25(26(34)18-23)29-32(35-30(43-29)21-6-9-24(10-7-21)42-15-3-14-38)19-22-4-1-2-5-27(22)37(31(32)40)20-28(39)36-12-16-41-17-13-36/h1-2,4-11,18,29,38H,3,12-17,19-20H2/t29-,32-/m0/s1. The number of aliphatic hydroxyl groups excluding tert-OH is 1. The summed E-state index contributed by atoms with van der Waals surface area (Å²) in [5.74, 6) is 0.413. The van der Waals surface area contributed by atoms with Gasteiger partial charge in [0.05, 0.1) is 19.8 Å². The molecule has 224 valence electrons. The highest BCUT2D eigenvalue weighted by atomic mass is 35.5. The molecule has 0 aromatic heterocycles. The van der Waals surface area contributed by atoms with E-state index in [-0.39, 0.29) is 37.3 Å². The van der Waals surface area contributed by atoms with Gasteiger partial charge in [0, 0.05) is 59.4 Å². The lowest BCUT2D eigenvalue weighted by Gasteiger charge is -2.41. The smallest absolute Gasteiger partial charge is 0.260 e. The summed E-state index contributed by atoms with van der Waals surface area (Å²) in [6.07, 6.45) is -0.105. The van der Waals surface area contributed by atoms with E-state index in [0.29, 0.717) is 71.9 Å². The molecular weight excluding hydrogens is 593 g/mol. The molecule has 2 amide bonds. The van der Waals surface area contributed by atoms with Crippen LogP contribution in [0.5, 0.6) is 5.75 Å². The molecular formula is C32H31Cl2N3O6. The molecule has 6 rings (SSSR count). The van der Waals surface area contributed by atoms with Crippen molar-refractivity contribution >= 4 is 46.6 Å². The minimum absolute atomic E-state index is 0.0473. The minimum atomic E-state index is -1.43. The number of anilines is 1. The van der Waals surface area contributed by atoms with Gasteiger partial charge in [-0.3, -0.25) is 9.59 Å². The van der Waals surface area contributed by atoms with Crippen LogP contribution in [-0.2, 0) is 25.5 Å². The molecule has 3 aromatic rings. The molecule has 0 bridgehead atoms. The van der Waals surface area contributed by atoms with Gasteiger partial charge in [0.25, 0.3) is 5.91 Å². The monoisotopic (exact) mass is 623 g/mol. The second-order valence-corrected chi connectivity index (χ2v) is 11.5. The Hall–Kier alpha value is -3.63. The lowest BCUT2D eigenvalue weighted by molar-refractivity contribution is -0.136. The van der Waals surface area contributed by atoms with Crippen molar-refractivity contribution in [3.63, 3.8) is 0 Å². The van der Waals surface area contributed by atoms with Crippen LogP contribution in [-0.4, -0.2) is 79.3 Å². The van der Waals surface area contributed by atoms with Crippen LogP contribution in [0, 0.1) is 0 Å².